The third kappa shape index (κ3) is 5.06. The molecule has 0 aromatic heterocycles. The van der Waals surface area contributed by atoms with Gasteiger partial charge in [0.2, 0.25) is 0 Å². The van der Waals surface area contributed by atoms with E-state index < -0.39 is 0 Å². The maximum atomic E-state index is 12.9. The fourth-order valence-electron chi connectivity index (χ4n) is 2.29. The molecule has 0 fully saturated rings. The lowest BCUT2D eigenvalue weighted by atomic mass is 10.1. The minimum absolute atomic E-state index is 0.0176. The van der Waals surface area contributed by atoms with Crippen molar-refractivity contribution in [3.8, 4) is 0 Å². The molecule has 2 aromatic carbocycles. The zero-order valence-corrected chi connectivity index (χ0v) is 12.4. The predicted molar refractivity (Wildman–Crippen MR) is 84.2 cm³/mol. The van der Waals surface area contributed by atoms with Crippen molar-refractivity contribution in [2.75, 3.05) is 19.7 Å². The van der Waals surface area contributed by atoms with E-state index in [4.69, 9.17) is 5.11 Å². The van der Waals surface area contributed by atoms with Crippen LogP contribution < -0.4 is 0 Å². The number of carbonyl (C=O) groups excluding carboxylic acids is 1. The largest absolute Gasteiger partial charge is 0.395 e. The third-order valence-electron chi connectivity index (χ3n) is 3.49. The summed E-state index contributed by atoms with van der Waals surface area (Å²) < 4.78 is 12.9. The van der Waals surface area contributed by atoms with Gasteiger partial charge in [0, 0.05) is 31.6 Å². The van der Waals surface area contributed by atoms with Gasteiger partial charge >= 0.3 is 0 Å². The monoisotopic (exact) mass is 301 g/mol. The van der Waals surface area contributed by atoms with Crippen LogP contribution in [-0.4, -0.2) is 35.5 Å². The maximum Gasteiger partial charge on any atom is 0.164 e. The molecule has 3 nitrogen and oxygen atoms in total. The van der Waals surface area contributed by atoms with E-state index in [1.807, 2.05) is 35.2 Å². The molecular formula is C18H20FNO2. The Morgan fingerprint density at radius 1 is 1.00 bits per heavy atom. The number of benzene rings is 2. The molecule has 0 spiro atoms. The molecule has 2 aromatic rings. The van der Waals surface area contributed by atoms with E-state index in [0.717, 1.165) is 5.56 Å². The van der Waals surface area contributed by atoms with Crippen molar-refractivity contribution in [1.82, 2.24) is 4.90 Å². The molecular weight excluding hydrogens is 281 g/mol. The summed E-state index contributed by atoms with van der Waals surface area (Å²) in [7, 11) is 0. The van der Waals surface area contributed by atoms with Crippen LogP contribution in [0.25, 0.3) is 0 Å². The van der Waals surface area contributed by atoms with Crippen LogP contribution in [0.15, 0.2) is 54.6 Å². The van der Waals surface area contributed by atoms with Gasteiger partial charge in [-0.05, 0) is 29.8 Å². The topological polar surface area (TPSA) is 40.5 Å². The summed E-state index contributed by atoms with van der Waals surface area (Å²) in [5, 5.41) is 9.16. The van der Waals surface area contributed by atoms with Gasteiger partial charge in [0.15, 0.2) is 5.78 Å². The van der Waals surface area contributed by atoms with Crippen LogP contribution in [-0.2, 0) is 6.54 Å². The molecule has 0 saturated heterocycles. The summed E-state index contributed by atoms with van der Waals surface area (Å²) in [6.45, 7) is 1.83. The first-order valence-electron chi connectivity index (χ1n) is 7.35. The first-order valence-corrected chi connectivity index (χ1v) is 7.35. The second-order valence-corrected chi connectivity index (χ2v) is 5.17. The van der Waals surface area contributed by atoms with Gasteiger partial charge in [0.1, 0.15) is 5.82 Å². The molecule has 0 unspecified atom stereocenters. The number of aliphatic hydroxyl groups excluding tert-OH is 1. The van der Waals surface area contributed by atoms with E-state index >= 15 is 0 Å². The highest BCUT2D eigenvalue weighted by Gasteiger charge is 2.10. The van der Waals surface area contributed by atoms with Gasteiger partial charge in [-0.3, -0.25) is 9.69 Å². The SMILES string of the molecule is O=C(CCN(CCO)Cc1ccccc1)c1ccc(F)cc1. The Morgan fingerprint density at radius 3 is 2.32 bits per heavy atom. The highest BCUT2D eigenvalue weighted by molar-refractivity contribution is 5.96. The normalized spacial score (nSPS) is 10.9. The molecule has 0 heterocycles. The fraction of sp³-hybridized carbons (Fsp3) is 0.278. The zero-order valence-electron chi connectivity index (χ0n) is 12.4. The highest BCUT2D eigenvalue weighted by Crippen LogP contribution is 2.09. The number of rotatable bonds is 8. The van der Waals surface area contributed by atoms with Crippen molar-refractivity contribution >= 4 is 5.78 Å². The van der Waals surface area contributed by atoms with Crippen LogP contribution >= 0.6 is 0 Å². The van der Waals surface area contributed by atoms with Crippen molar-refractivity contribution in [3.63, 3.8) is 0 Å². The number of Topliss-reactive ketones (excluding diaryl/α,β-unsaturated/α-hetero) is 1. The molecule has 0 saturated carbocycles. The van der Waals surface area contributed by atoms with Crippen molar-refractivity contribution in [2.24, 2.45) is 0 Å². The molecule has 0 aliphatic heterocycles. The summed E-state index contributed by atoms with van der Waals surface area (Å²) in [6.07, 6.45) is 0.346. The van der Waals surface area contributed by atoms with E-state index in [1.54, 1.807) is 0 Å². The van der Waals surface area contributed by atoms with E-state index in [-0.39, 0.29) is 18.2 Å². The Hall–Kier alpha value is -2.04. The number of aliphatic hydroxyl groups is 1. The van der Waals surface area contributed by atoms with Crippen molar-refractivity contribution < 1.29 is 14.3 Å². The molecule has 0 atom stereocenters. The number of hydrogen-bond donors (Lipinski definition) is 1. The number of hydrogen-bond acceptors (Lipinski definition) is 3. The van der Waals surface area contributed by atoms with Crippen LogP contribution in [0.2, 0.25) is 0 Å². The first-order chi connectivity index (χ1) is 10.7. The second-order valence-electron chi connectivity index (χ2n) is 5.17. The lowest BCUT2D eigenvalue weighted by Gasteiger charge is -2.21. The van der Waals surface area contributed by atoms with Gasteiger partial charge in [0.05, 0.1) is 6.61 Å². The molecule has 0 amide bonds. The van der Waals surface area contributed by atoms with Crippen LogP contribution in [0.3, 0.4) is 0 Å². The minimum atomic E-state index is -0.345. The lowest BCUT2D eigenvalue weighted by molar-refractivity contribution is 0.0954. The summed E-state index contributed by atoms with van der Waals surface area (Å²) in [5.74, 6) is -0.362. The fourth-order valence-corrected chi connectivity index (χ4v) is 2.29. The molecule has 2 rings (SSSR count). The quantitative estimate of drug-likeness (QED) is 0.762. The molecule has 0 aliphatic carbocycles. The predicted octanol–water partition coefficient (Wildman–Crippen LogP) is 2.89. The maximum absolute atomic E-state index is 12.9. The van der Waals surface area contributed by atoms with E-state index in [9.17, 15) is 9.18 Å². The summed E-state index contributed by atoms with van der Waals surface area (Å²) in [4.78, 5) is 14.1. The first kappa shape index (κ1) is 16.3. The van der Waals surface area contributed by atoms with Gasteiger partial charge in [0.25, 0.3) is 0 Å². The van der Waals surface area contributed by atoms with Crippen molar-refractivity contribution in [1.29, 1.82) is 0 Å². The van der Waals surface area contributed by atoms with Gasteiger partial charge in [-0.15, -0.1) is 0 Å². The molecule has 1 N–H and O–H groups in total. The van der Waals surface area contributed by atoms with Crippen LogP contribution in [0.1, 0.15) is 22.3 Å². The average Bonchev–Trinajstić information content (AvgIpc) is 2.54. The Labute approximate surface area is 130 Å². The zero-order chi connectivity index (χ0) is 15.8. The lowest BCUT2D eigenvalue weighted by Crippen LogP contribution is -2.29. The molecule has 0 bridgehead atoms. The Balaban J connectivity index is 1.91. The smallest absolute Gasteiger partial charge is 0.164 e. The van der Waals surface area contributed by atoms with Crippen LogP contribution in [0, 0.1) is 5.82 Å². The van der Waals surface area contributed by atoms with Gasteiger partial charge < -0.3 is 5.11 Å². The minimum Gasteiger partial charge on any atom is -0.395 e. The number of nitrogens with zero attached hydrogens (tertiary/aromatic N) is 1. The summed E-state index contributed by atoms with van der Waals surface area (Å²) in [6, 6.07) is 15.5. The average molecular weight is 301 g/mol. The molecule has 0 aliphatic rings. The second kappa shape index (κ2) is 8.41. The number of carbonyl (C=O) groups is 1. The summed E-state index contributed by atoms with van der Waals surface area (Å²) in [5.41, 5.74) is 1.66. The van der Waals surface area contributed by atoms with Crippen molar-refractivity contribution in [3.05, 3.63) is 71.5 Å². The summed E-state index contributed by atoms with van der Waals surface area (Å²) >= 11 is 0. The standard InChI is InChI=1S/C18H20FNO2/c19-17-8-6-16(7-9-17)18(22)10-11-20(12-13-21)14-15-4-2-1-3-5-15/h1-9,21H,10-14H2. The molecule has 0 radical (unpaired) electrons. The third-order valence-corrected chi connectivity index (χ3v) is 3.49. The van der Waals surface area contributed by atoms with Crippen LogP contribution in [0.5, 0.6) is 0 Å². The highest BCUT2D eigenvalue weighted by atomic mass is 19.1. The van der Waals surface area contributed by atoms with E-state index in [2.05, 4.69) is 0 Å². The Morgan fingerprint density at radius 2 is 1.68 bits per heavy atom. The van der Waals surface area contributed by atoms with Gasteiger partial charge in [-0.2, -0.15) is 0 Å². The van der Waals surface area contributed by atoms with Gasteiger partial charge in [-0.1, -0.05) is 30.3 Å². The number of ketones is 1. The molecule has 116 valence electrons. The number of halogens is 1. The van der Waals surface area contributed by atoms with E-state index in [0.29, 0.717) is 31.6 Å². The van der Waals surface area contributed by atoms with Gasteiger partial charge in [-0.25, -0.2) is 4.39 Å². The van der Waals surface area contributed by atoms with Crippen LogP contribution in [0.4, 0.5) is 4.39 Å². The van der Waals surface area contributed by atoms with E-state index in [1.165, 1.54) is 24.3 Å². The Bertz CT molecular complexity index is 584. The molecule has 22 heavy (non-hydrogen) atoms. The van der Waals surface area contributed by atoms with Crippen molar-refractivity contribution in [2.45, 2.75) is 13.0 Å². The molecule has 4 heteroatoms. The Kier molecular flexibility index (Phi) is 6.25.